The Morgan fingerprint density at radius 1 is 1.29 bits per heavy atom. The van der Waals surface area contributed by atoms with E-state index in [4.69, 9.17) is 9.47 Å². The van der Waals surface area contributed by atoms with Crippen LogP contribution < -0.4 is 9.47 Å². The van der Waals surface area contributed by atoms with Gasteiger partial charge >= 0.3 is 0 Å². The number of rotatable bonds is 4. The molecule has 4 atom stereocenters. The molecule has 1 aliphatic carbocycles. The standard InChI is InChI=1S/C21H30O3/c1-12(2)8-16(22)9-14(4)17-7-6-13(3)19-18(17)10-15(5)20-21(19)24-11-23-20/h8,10,13-14,16-17,22H,6-7,9,11H2,1-5H3/t13-,14-,16?,17+/m0/s1. The number of aliphatic hydroxyl groups is 1. The van der Waals surface area contributed by atoms with Crippen LogP contribution in [0.25, 0.3) is 0 Å². The van der Waals surface area contributed by atoms with Crippen molar-refractivity contribution >= 4 is 0 Å². The van der Waals surface area contributed by atoms with Gasteiger partial charge in [-0.25, -0.2) is 0 Å². The molecule has 0 spiro atoms. The van der Waals surface area contributed by atoms with Crippen molar-refractivity contribution in [1.29, 1.82) is 0 Å². The molecule has 0 amide bonds. The van der Waals surface area contributed by atoms with Crippen molar-refractivity contribution in [3.8, 4) is 11.5 Å². The van der Waals surface area contributed by atoms with Crippen molar-refractivity contribution in [1.82, 2.24) is 0 Å². The van der Waals surface area contributed by atoms with E-state index in [9.17, 15) is 5.11 Å². The summed E-state index contributed by atoms with van der Waals surface area (Å²) in [5, 5.41) is 10.3. The third-order valence-corrected chi connectivity index (χ3v) is 5.53. The Hall–Kier alpha value is -1.48. The van der Waals surface area contributed by atoms with Crippen LogP contribution in [0.3, 0.4) is 0 Å². The summed E-state index contributed by atoms with van der Waals surface area (Å²) in [6.45, 7) is 11.1. The van der Waals surface area contributed by atoms with Gasteiger partial charge in [0.05, 0.1) is 6.10 Å². The van der Waals surface area contributed by atoms with E-state index in [1.54, 1.807) is 0 Å². The van der Waals surface area contributed by atoms with Crippen molar-refractivity contribution in [3.05, 3.63) is 34.4 Å². The highest BCUT2D eigenvalue weighted by molar-refractivity contribution is 5.59. The fraction of sp³-hybridized carbons (Fsp3) is 0.619. The van der Waals surface area contributed by atoms with E-state index >= 15 is 0 Å². The normalized spacial score (nSPS) is 24.2. The third kappa shape index (κ3) is 3.19. The zero-order valence-corrected chi connectivity index (χ0v) is 15.6. The fourth-order valence-corrected chi connectivity index (χ4v) is 4.41. The fourth-order valence-electron chi connectivity index (χ4n) is 4.41. The molecule has 1 aromatic rings. The number of ether oxygens (including phenoxy) is 2. The number of benzene rings is 1. The van der Waals surface area contributed by atoms with Crippen LogP contribution in [0, 0.1) is 12.8 Å². The van der Waals surface area contributed by atoms with E-state index in [1.165, 1.54) is 29.5 Å². The molecular formula is C21H30O3. The van der Waals surface area contributed by atoms with Gasteiger partial charge in [0.1, 0.15) is 0 Å². The molecule has 0 saturated heterocycles. The zero-order valence-electron chi connectivity index (χ0n) is 15.6. The average Bonchev–Trinajstić information content (AvgIpc) is 2.96. The lowest BCUT2D eigenvalue weighted by Crippen LogP contribution is -2.22. The van der Waals surface area contributed by atoms with Gasteiger partial charge in [0.2, 0.25) is 6.79 Å². The monoisotopic (exact) mass is 330 g/mol. The van der Waals surface area contributed by atoms with E-state index in [0.29, 0.717) is 24.5 Å². The summed E-state index contributed by atoms with van der Waals surface area (Å²) >= 11 is 0. The molecule has 1 unspecified atom stereocenters. The minimum atomic E-state index is -0.358. The molecule has 0 fully saturated rings. The molecule has 3 rings (SSSR count). The first-order chi connectivity index (χ1) is 11.4. The maximum absolute atomic E-state index is 10.3. The first-order valence-corrected chi connectivity index (χ1v) is 9.14. The second-order valence-corrected chi connectivity index (χ2v) is 7.87. The molecule has 1 aromatic carbocycles. The molecule has 1 aliphatic heterocycles. The Bertz CT molecular complexity index is 643. The number of hydrogen-bond donors (Lipinski definition) is 1. The summed E-state index contributed by atoms with van der Waals surface area (Å²) in [5.41, 5.74) is 5.09. The van der Waals surface area contributed by atoms with Crippen molar-refractivity contribution in [3.63, 3.8) is 0 Å². The second-order valence-electron chi connectivity index (χ2n) is 7.87. The molecule has 0 bridgehead atoms. The summed E-state index contributed by atoms with van der Waals surface area (Å²) in [7, 11) is 0. The van der Waals surface area contributed by atoms with Crippen LogP contribution in [0.15, 0.2) is 17.7 Å². The van der Waals surface area contributed by atoms with Gasteiger partial charge < -0.3 is 14.6 Å². The minimum absolute atomic E-state index is 0.332. The minimum Gasteiger partial charge on any atom is -0.453 e. The van der Waals surface area contributed by atoms with Crippen molar-refractivity contribution in [2.24, 2.45) is 5.92 Å². The van der Waals surface area contributed by atoms with Gasteiger partial charge in [-0.15, -0.1) is 0 Å². The first-order valence-electron chi connectivity index (χ1n) is 9.14. The van der Waals surface area contributed by atoms with E-state index in [2.05, 4.69) is 26.8 Å². The predicted molar refractivity (Wildman–Crippen MR) is 96.9 cm³/mol. The van der Waals surface area contributed by atoms with Gasteiger partial charge in [0.15, 0.2) is 11.5 Å². The number of aryl methyl sites for hydroxylation is 1. The number of fused-ring (bicyclic) bond motifs is 3. The van der Waals surface area contributed by atoms with E-state index in [0.717, 1.165) is 23.5 Å². The van der Waals surface area contributed by atoms with Gasteiger partial charge in [-0.05, 0) is 68.9 Å². The van der Waals surface area contributed by atoms with Crippen LogP contribution in [0.4, 0.5) is 0 Å². The largest absolute Gasteiger partial charge is 0.453 e. The lowest BCUT2D eigenvalue weighted by atomic mass is 9.70. The van der Waals surface area contributed by atoms with Crippen LogP contribution in [0.2, 0.25) is 0 Å². The smallest absolute Gasteiger partial charge is 0.231 e. The molecule has 3 nitrogen and oxygen atoms in total. The highest BCUT2D eigenvalue weighted by Gasteiger charge is 2.35. The molecule has 3 heteroatoms. The Morgan fingerprint density at radius 2 is 2.00 bits per heavy atom. The van der Waals surface area contributed by atoms with Gasteiger partial charge in [-0.2, -0.15) is 0 Å². The van der Waals surface area contributed by atoms with E-state index in [1.807, 2.05) is 19.9 Å². The summed E-state index contributed by atoms with van der Waals surface area (Å²) < 4.78 is 11.5. The quantitative estimate of drug-likeness (QED) is 0.784. The Kier molecular flexibility index (Phi) is 4.91. The molecular weight excluding hydrogens is 300 g/mol. The van der Waals surface area contributed by atoms with Gasteiger partial charge in [-0.1, -0.05) is 31.6 Å². The molecule has 132 valence electrons. The van der Waals surface area contributed by atoms with E-state index in [-0.39, 0.29) is 6.10 Å². The summed E-state index contributed by atoms with van der Waals surface area (Å²) in [4.78, 5) is 0. The van der Waals surface area contributed by atoms with Crippen LogP contribution in [0.1, 0.15) is 75.5 Å². The van der Waals surface area contributed by atoms with Crippen LogP contribution in [-0.2, 0) is 0 Å². The lowest BCUT2D eigenvalue weighted by Gasteiger charge is -2.35. The molecule has 1 N–H and O–H groups in total. The van der Waals surface area contributed by atoms with Gasteiger partial charge in [0, 0.05) is 5.56 Å². The van der Waals surface area contributed by atoms with Crippen LogP contribution in [-0.4, -0.2) is 18.0 Å². The highest BCUT2D eigenvalue weighted by Crippen LogP contribution is 2.52. The van der Waals surface area contributed by atoms with Gasteiger partial charge in [0.25, 0.3) is 0 Å². The zero-order chi connectivity index (χ0) is 17.4. The number of aliphatic hydroxyl groups excluding tert-OH is 1. The Balaban J connectivity index is 1.92. The summed E-state index contributed by atoms with van der Waals surface area (Å²) in [5.74, 6) is 3.31. The van der Waals surface area contributed by atoms with Crippen LogP contribution >= 0.6 is 0 Å². The molecule has 0 saturated carbocycles. The topological polar surface area (TPSA) is 38.7 Å². The third-order valence-electron chi connectivity index (χ3n) is 5.53. The predicted octanol–water partition coefficient (Wildman–Crippen LogP) is 5.06. The average molecular weight is 330 g/mol. The first kappa shape index (κ1) is 17.3. The van der Waals surface area contributed by atoms with Crippen molar-refractivity contribution in [2.75, 3.05) is 6.79 Å². The Morgan fingerprint density at radius 3 is 2.71 bits per heavy atom. The maximum atomic E-state index is 10.3. The van der Waals surface area contributed by atoms with E-state index < -0.39 is 0 Å². The molecule has 24 heavy (non-hydrogen) atoms. The Labute approximate surface area is 145 Å². The van der Waals surface area contributed by atoms with Crippen molar-refractivity contribution < 1.29 is 14.6 Å². The summed E-state index contributed by atoms with van der Waals surface area (Å²) in [6.07, 6.45) is 4.75. The highest BCUT2D eigenvalue weighted by atomic mass is 16.7. The molecule has 2 aliphatic rings. The maximum Gasteiger partial charge on any atom is 0.231 e. The lowest BCUT2D eigenvalue weighted by molar-refractivity contribution is 0.171. The molecule has 0 aromatic heterocycles. The van der Waals surface area contributed by atoms with Crippen molar-refractivity contribution in [2.45, 2.75) is 71.8 Å². The number of allylic oxidation sites excluding steroid dienone is 1. The second kappa shape index (κ2) is 6.79. The van der Waals surface area contributed by atoms with Gasteiger partial charge in [-0.3, -0.25) is 0 Å². The summed E-state index contributed by atoms with van der Waals surface area (Å²) in [6, 6.07) is 2.30. The molecule has 0 radical (unpaired) electrons. The molecule has 1 heterocycles. The number of hydrogen-bond acceptors (Lipinski definition) is 3. The van der Waals surface area contributed by atoms with Crippen LogP contribution in [0.5, 0.6) is 11.5 Å². The SMILES string of the molecule is CC(C)=CC(O)C[C@H](C)[C@H]1CC[C@H](C)c2c1cc(C)c1c2OCO1.